The highest BCUT2D eigenvalue weighted by atomic mass is 35.5. The van der Waals surface area contributed by atoms with Crippen molar-refractivity contribution in [3.05, 3.63) is 68.7 Å². The van der Waals surface area contributed by atoms with Gasteiger partial charge in [-0.15, -0.1) is 0 Å². The van der Waals surface area contributed by atoms with Crippen LogP contribution in [-0.4, -0.2) is 32.8 Å². The van der Waals surface area contributed by atoms with Crippen LogP contribution < -0.4 is 4.72 Å². The molecule has 1 N–H and O–H groups in total. The molecule has 4 nitrogen and oxygen atoms in total. The molecular formula is C24H31Cl2N2O2S-. The fourth-order valence-electron chi connectivity index (χ4n) is 4.69. The first kappa shape index (κ1) is 24.7. The van der Waals surface area contributed by atoms with Crippen LogP contribution in [-0.2, 0) is 30.5 Å². The fourth-order valence-corrected chi connectivity index (χ4v) is 5.45. The Morgan fingerprint density at radius 2 is 1.90 bits per heavy atom. The van der Waals surface area contributed by atoms with Crippen molar-refractivity contribution in [3.63, 3.8) is 0 Å². The van der Waals surface area contributed by atoms with E-state index < -0.39 is 17.3 Å². The van der Waals surface area contributed by atoms with Gasteiger partial charge in [0, 0.05) is 23.4 Å². The summed E-state index contributed by atoms with van der Waals surface area (Å²) in [6, 6.07) is 11.9. The van der Waals surface area contributed by atoms with Crippen LogP contribution >= 0.6 is 23.2 Å². The first-order valence-corrected chi connectivity index (χ1v) is 12.9. The largest absolute Gasteiger partial charge is 0.760 e. The zero-order valence-electron chi connectivity index (χ0n) is 18.2. The van der Waals surface area contributed by atoms with Gasteiger partial charge in [0.25, 0.3) is 0 Å². The second-order valence-corrected chi connectivity index (χ2v) is 9.79. The molecule has 3 unspecified atom stereocenters. The molecule has 0 radical (unpaired) electrons. The highest BCUT2D eigenvalue weighted by molar-refractivity contribution is 7.77. The van der Waals surface area contributed by atoms with E-state index in [0.29, 0.717) is 22.5 Å². The average molecular weight is 482 g/mol. The quantitative estimate of drug-likeness (QED) is 0.446. The lowest BCUT2D eigenvalue weighted by Gasteiger charge is -2.36. The number of hydrogen-bond donors (Lipinski definition) is 1. The maximum absolute atomic E-state index is 11.5. The summed E-state index contributed by atoms with van der Waals surface area (Å²) < 4.78 is 25.7. The molecule has 0 saturated heterocycles. The van der Waals surface area contributed by atoms with Gasteiger partial charge in [-0.1, -0.05) is 61.3 Å². The molecular weight excluding hydrogens is 451 g/mol. The molecule has 0 aliphatic heterocycles. The van der Waals surface area contributed by atoms with Crippen molar-refractivity contribution in [2.75, 3.05) is 13.1 Å². The molecule has 0 bridgehead atoms. The minimum Gasteiger partial charge on any atom is -0.760 e. The van der Waals surface area contributed by atoms with E-state index in [9.17, 15) is 8.76 Å². The molecule has 7 heteroatoms. The fraction of sp³-hybridized carbons (Fsp3) is 0.500. The molecule has 0 saturated carbocycles. The van der Waals surface area contributed by atoms with Gasteiger partial charge in [0.2, 0.25) is 0 Å². The van der Waals surface area contributed by atoms with Gasteiger partial charge in [-0.2, -0.15) is 0 Å². The summed E-state index contributed by atoms with van der Waals surface area (Å²) in [4.78, 5) is 2.63. The first-order chi connectivity index (χ1) is 14.9. The molecule has 2 aromatic carbocycles. The lowest BCUT2D eigenvalue weighted by Crippen LogP contribution is -2.40. The van der Waals surface area contributed by atoms with Gasteiger partial charge < -0.3 is 9.45 Å². The van der Waals surface area contributed by atoms with Gasteiger partial charge in [-0.05, 0) is 86.0 Å². The number of nitrogens with zero attached hydrogens (tertiary/aromatic N) is 1. The van der Waals surface area contributed by atoms with E-state index in [0.717, 1.165) is 44.3 Å². The van der Waals surface area contributed by atoms with E-state index in [4.69, 9.17) is 23.2 Å². The summed E-state index contributed by atoms with van der Waals surface area (Å²) >= 11 is 9.88. The Labute approximate surface area is 198 Å². The third kappa shape index (κ3) is 6.53. The molecule has 3 atom stereocenters. The summed E-state index contributed by atoms with van der Waals surface area (Å²) in [7, 11) is 0. The van der Waals surface area contributed by atoms with E-state index in [1.165, 1.54) is 23.1 Å². The number of benzene rings is 2. The molecule has 1 aliphatic carbocycles. The van der Waals surface area contributed by atoms with E-state index in [2.05, 4.69) is 41.7 Å². The molecule has 0 amide bonds. The lowest BCUT2D eigenvalue weighted by atomic mass is 9.82. The van der Waals surface area contributed by atoms with E-state index in [-0.39, 0.29) is 0 Å². The molecule has 2 aromatic rings. The average Bonchev–Trinajstić information content (AvgIpc) is 2.74. The number of hydrogen-bond acceptors (Lipinski definition) is 3. The standard InChI is InChI=1S/C24H32Cl2N2O2S/c1-3-12-28(13-4-2)20-10-8-17-6-5-7-18(21(17)16-20)15-24(27-31(29)30)19-9-11-22(25)23(26)14-19/h5-7,9,11,14,20,24,27H,3-4,8,10,12-13,15-16H2,1-2H3,(H,29,30)/p-1. The maximum Gasteiger partial charge on any atom is 0.0595 e. The monoisotopic (exact) mass is 481 g/mol. The van der Waals surface area contributed by atoms with Gasteiger partial charge in [0.05, 0.1) is 10.0 Å². The summed E-state index contributed by atoms with van der Waals surface area (Å²) in [6.07, 6.45) is 6.14. The Morgan fingerprint density at radius 3 is 2.55 bits per heavy atom. The van der Waals surface area contributed by atoms with Crippen molar-refractivity contribution in [1.29, 1.82) is 0 Å². The Bertz CT molecular complexity index is 903. The lowest BCUT2D eigenvalue weighted by molar-refractivity contribution is 0.179. The van der Waals surface area contributed by atoms with Crippen LogP contribution in [0.15, 0.2) is 36.4 Å². The highest BCUT2D eigenvalue weighted by Gasteiger charge is 2.26. The molecule has 0 spiro atoms. The summed E-state index contributed by atoms with van der Waals surface area (Å²) in [5.41, 5.74) is 4.77. The minimum absolute atomic E-state index is 0.401. The van der Waals surface area contributed by atoms with E-state index >= 15 is 0 Å². The highest BCUT2D eigenvalue weighted by Crippen LogP contribution is 2.32. The van der Waals surface area contributed by atoms with Crippen molar-refractivity contribution in [2.45, 2.75) is 64.5 Å². The predicted molar refractivity (Wildman–Crippen MR) is 129 cm³/mol. The van der Waals surface area contributed by atoms with Crippen molar-refractivity contribution in [1.82, 2.24) is 9.62 Å². The zero-order valence-corrected chi connectivity index (χ0v) is 20.5. The molecule has 170 valence electrons. The van der Waals surface area contributed by atoms with Crippen molar-refractivity contribution >= 4 is 34.5 Å². The SMILES string of the molecule is CCCN(CCC)C1CCc2cccc(CC(NS(=O)[O-])c3ccc(Cl)c(Cl)c3)c2C1. The minimum atomic E-state index is -2.39. The first-order valence-electron chi connectivity index (χ1n) is 11.1. The number of halogens is 2. The number of aryl methyl sites for hydroxylation is 1. The molecule has 31 heavy (non-hydrogen) atoms. The molecule has 0 aromatic heterocycles. The van der Waals surface area contributed by atoms with Gasteiger partial charge in [0.15, 0.2) is 0 Å². The van der Waals surface area contributed by atoms with Crippen LogP contribution in [0.2, 0.25) is 10.0 Å². The van der Waals surface area contributed by atoms with Gasteiger partial charge in [-0.25, -0.2) is 4.72 Å². The number of fused-ring (bicyclic) bond motifs is 1. The summed E-state index contributed by atoms with van der Waals surface area (Å²) in [5, 5.41) is 0.881. The Hall–Kier alpha value is -0.950. The van der Waals surface area contributed by atoms with Gasteiger partial charge in [0.1, 0.15) is 0 Å². The molecule has 1 aliphatic rings. The molecule has 0 heterocycles. The Balaban J connectivity index is 1.88. The molecule has 0 fully saturated rings. The van der Waals surface area contributed by atoms with E-state index in [1.54, 1.807) is 12.1 Å². The second kappa shape index (κ2) is 11.8. The van der Waals surface area contributed by atoms with Crippen molar-refractivity contribution < 1.29 is 8.76 Å². The van der Waals surface area contributed by atoms with Crippen LogP contribution in [0.3, 0.4) is 0 Å². The normalized spacial score (nSPS) is 18.1. The Morgan fingerprint density at radius 1 is 1.16 bits per heavy atom. The third-order valence-corrected chi connectivity index (χ3v) is 7.32. The predicted octanol–water partition coefficient (Wildman–Crippen LogP) is 5.64. The van der Waals surface area contributed by atoms with Crippen LogP contribution in [0.1, 0.15) is 61.4 Å². The van der Waals surface area contributed by atoms with Crippen LogP contribution in [0.4, 0.5) is 0 Å². The van der Waals surface area contributed by atoms with Gasteiger partial charge >= 0.3 is 0 Å². The van der Waals surface area contributed by atoms with Crippen LogP contribution in [0.25, 0.3) is 0 Å². The maximum atomic E-state index is 11.5. The van der Waals surface area contributed by atoms with Crippen molar-refractivity contribution in [2.24, 2.45) is 0 Å². The summed E-state index contributed by atoms with van der Waals surface area (Å²) in [5.74, 6) is 0. The zero-order chi connectivity index (χ0) is 22.4. The van der Waals surface area contributed by atoms with Crippen molar-refractivity contribution in [3.8, 4) is 0 Å². The number of nitrogens with one attached hydrogen (secondary N) is 1. The topological polar surface area (TPSA) is 55.4 Å². The molecule has 3 rings (SSSR count). The van der Waals surface area contributed by atoms with Crippen LogP contribution in [0, 0.1) is 0 Å². The second-order valence-electron chi connectivity index (χ2n) is 8.27. The van der Waals surface area contributed by atoms with Gasteiger partial charge in [-0.3, -0.25) is 4.21 Å². The van der Waals surface area contributed by atoms with E-state index in [1.807, 2.05) is 6.07 Å². The number of rotatable bonds is 10. The smallest absolute Gasteiger partial charge is 0.0595 e. The summed E-state index contributed by atoms with van der Waals surface area (Å²) in [6.45, 7) is 6.72. The van der Waals surface area contributed by atoms with Crippen LogP contribution in [0.5, 0.6) is 0 Å². The third-order valence-electron chi connectivity index (χ3n) is 6.10. The Kier molecular flexibility index (Phi) is 9.38.